The van der Waals surface area contributed by atoms with Crippen LogP contribution in [0.3, 0.4) is 0 Å². The van der Waals surface area contributed by atoms with E-state index in [9.17, 15) is 9.18 Å². The van der Waals surface area contributed by atoms with Crippen molar-refractivity contribution >= 4 is 5.91 Å². The molecule has 1 fully saturated rings. The van der Waals surface area contributed by atoms with E-state index in [2.05, 4.69) is 10.4 Å². The zero-order chi connectivity index (χ0) is 18.6. The highest BCUT2D eigenvalue weighted by atomic mass is 19.1. The van der Waals surface area contributed by atoms with Gasteiger partial charge < -0.3 is 10.1 Å². The Balaban J connectivity index is 1.62. The molecule has 2 heterocycles. The summed E-state index contributed by atoms with van der Waals surface area (Å²) in [4.78, 5) is 12.3. The van der Waals surface area contributed by atoms with E-state index in [0.29, 0.717) is 18.8 Å². The first-order valence-electron chi connectivity index (χ1n) is 9.00. The van der Waals surface area contributed by atoms with Gasteiger partial charge in [0.1, 0.15) is 11.9 Å². The lowest BCUT2D eigenvalue weighted by Crippen LogP contribution is -2.33. The Morgan fingerprint density at radius 1 is 1.19 bits per heavy atom. The summed E-state index contributed by atoms with van der Waals surface area (Å²) in [7, 11) is 0. The van der Waals surface area contributed by atoms with Gasteiger partial charge in [-0.3, -0.25) is 4.79 Å². The highest BCUT2D eigenvalue weighted by molar-refractivity contribution is 5.81. The summed E-state index contributed by atoms with van der Waals surface area (Å²) in [5.41, 5.74) is 3.29. The molecule has 138 valence electrons. The number of amides is 1. The van der Waals surface area contributed by atoms with Crippen LogP contribution in [-0.2, 0) is 16.1 Å². The Kier molecular flexibility index (Phi) is 4.98. The standard InChI is InChI=1S/C21H20FN3O2/c22-17-10-8-15(9-11-17)20-16(13-23-21(26)19-7-4-12-27-19)14-25(24-20)18-5-2-1-3-6-18/h1-3,5-6,8-11,14,19H,4,7,12-13H2,(H,23,26). The lowest BCUT2D eigenvalue weighted by atomic mass is 10.1. The molecule has 1 N–H and O–H groups in total. The Morgan fingerprint density at radius 3 is 2.67 bits per heavy atom. The van der Waals surface area contributed by atoms with E-state index in [0.717, 1.165) is 29.7 Å². The molecular weight excluding hydrogens is 345 g/mol. The second-order valence-electron chi connectivity index (χ2n) is 6.51. The highest BCUT2D eigenvalue weighted by Crippen LogP contribution is 2.24. The van der Waals surface area contributed by atoms with Gasteiger partial charge in [-0.25, -0.2) is 9.07 Å². The molecule has 1 saturated heterocycles. The fourth-order valence-corrected chi connectivity index (χ4v) is 3.18. The maximum Gasteiger partial charge on any atom is 0.249 e. The first-order valence-corrected chi connectivity index (χ1v) is 9.00. The molecule has 0 radical (unpaired) electrons. The van der Waals surface area contributed by atoms with E-state index >= 15 is 0 Å². The van der Waals surface area contributed by atoms with Gasteiger partial charge in [0.25, 0.3) is 0 Å². The van der Waals surface area contributed by atoms with E-state index in [1.807, 2.05) is 36.5 Å². The summed E-state index contributed by atoms with van der Waals surface area (Å²) < 4.78 is 20.5. The minimum Gasteiger partial charge on any atom is -0.368 e. The minimum absolute atomic E-state index is 0.106. The van der Waals surface area contributed by atoms with Crippen LogP contribution in [0.15, 0.2) is 60.8 Å². The maximum absolute atomic E-state index is 13.3. The van der Waals surface area contributed by atoms with Crippen LogP contribution in [-0.4, -0.2) is 28.4 Å². The van der Waals surface area contributed by atoms with Crippen LogP contribution in [0.5, 0.6) is 0 Å². The highest BCUT2D eigenvalue weighted by Gasteiger charge is 2.23. The number of carbonyl (C=O) groups excluding carboxylic acids is 1. The van der Waals surface area contributed by atoms with Crippen molar-refractivity contribution in [3.8, 4) is 16.9 Å². The summed E-state index contributed by atoms with van der Waals surface area (Å²) in [6.07, 6.45) is 3.18. The van der Waals surface area contributed by atoms with Crippen molar-refractivity contribution in [1.29, 1.82) is 0 Å². The number of carbonyl (C=O) groups is 1. The number of ether oxygens (including phenoxy) is 1. The van der Waals surface area contributed by atoms with Gasteiger partial charge in [0.05, 0.1) is 11.4 Å². The van der Waals surface area contributed by atoms with Gasteiger partial charge in [0.15, 0.2) is 0 Å². The largest absolute Gasteiger partial charge is 0.368 e. The average molecular weight is 365 g/mol. The second kappa shape index (κ2) is 7.72. The van der Waals surface area contributed by atoms with Crippen LogP contribution in [0.4, 0.5) is 4.39 Å². The molecule has 1 aromatic heterocycles. The normalized spacial score (nSPS) is 16.4. The molecule has 4 rings (SSSR count). The third-order valence-corrected chi connectivity index (χ3v) is 4.60. The number of hydrogen-bond donors (Lipinski definition) is 1. The van der Waals surface area contributed by atoms with Crippen molar-refractivity contribution < 1.29 is 13.9 Å². The van der Waals surface area contributed by atoms with Crippen LogP contribution in [0, 0.1) is 5.82 Å². The van der Waals surface area contributed by atoms with Gasteiger partial charge in [0, 0.05) is 30.5 Å². The van der Waals surface area contributed by atoms with Crippen LogP contribution in [0.1, 0.15) is 18.4 Å². The van der Waals surface area contributed by atoms with Crippen LogP contribution < -0.4 is 5.32 Å². The van der Waals surface area contributed by atoms with E-state index in [-0.39, 0.29) is 17.8 Å². The van der Waals surface area contributed by atoms with Crippen LogP contribution in [0.2, 0.25) is 0 Å². The number of benzene rings is 2. The molecule has 0 aliphatic carbocycles. The average Bonchev–Trinajstić information content (AvgIpc) is 3.38. The number of rotatable bonds is 5. The summed E-state index contributed by atoms with van der Waals surface area (Å²) in [6.45, 7) is 0.961. The lowest BCUT2D eigenvalue weighted by Gasteiger charge is -2.10. The van der Waals surface area contributed by atoms with Crippen molar-refractivity contribution in [2.75, 3.05) is 6.61 Å². The number of hydrogen-bond acceptors (Lipinski definition) is 3. The lowest BCUT2D eigenvalue weighted by molar-refractivity contribution is -0.130. The Bertz CT molecular complexity index is 916. The Labute approximate surface area is 156 Å². The molecule has 3 aromatic rings. The van der Waals surface area contributed by atoms with Gasteiger partial charge in [-0.2, -0.15) is 5.10 Å². The summed E-state index contributed by atoms with van der Waals surface area (Å²) >= 11 is 0. The molecule has 1 unspecified atom stereocenters. The summed E-state index contributed by atoms with van der Waals surface area (Å²) in [5.74, 6) is -0.403. The molecular formula is C21H20FN3O2. The fraction of sp³-hybridized carbons (Fsp3) is 0.238. The van der Waals surface area contributed by atoms with E-state index in [1.165, 1.54) is 12.1 Å². The molecule has 6 heteroatoms. The Morgan fingerprint density at radius 2 is 1.96 bits per heavy atom. The molecule has 1 atom stereocenters. The smallest absolute Gasteiger partial charge is 0.249 e. The predicted molar refractivity (Wildman–Crippen MR) is 99.8 cm³/mol. The first-order chi connectivity index (χ1) is 13.2. The van der Waals surface area contributed by atoms with Crippen LogP contribution in [0.25, 0.3) is 16.9 Å². The van der Waals surface area contributed by atoms with Gasteiger partial charge in [-0.15, -0.1) is 0 Å². The number of halogens is 1. The van der Waals surface area contributed by atoms with Gasteiger partial charge >= 0.3 is 0 Å². The van der Waals surface area contributed by atoms with Crippen molar-refractivity contribution in [2.45, 2.75) is 25.5 Å². The predicted octanol–water partition coefficient (Wildman–Crippen LogP) is 3.47. The second-order valence-corrected chi connectivity index (χ2v) is 6.51. The van der Waals surface area contributed by atoms with E-state index < -0.39 is 0 Å². The number of nitrogens with one attached hydrogen (secondary N) is 1. The fourth-order valence-electron chi connectivity index (χ4n) is 3.18. The van der Waals surface area contributed by atoms with Gasteiger partial charge in [0.2, 0.25) is 5.91 Å². The number of aromatic nitrogens is 2. The SMILES string of the molecule is O=C(NCc1cn(-c2ccccc2)nc1-c1ccc(F)cc1)C1CCCO1. The summed E-state index contributed by atoms with van der Waals surface area (Å²) in [6, 6.07) is 15.9. The quantitative estimate of drug-likeness (QED) is 0.753. The molecule has 0 saturated carbocycles. The Hall–Kier alpha value is -2.99. The van der Waals surface area contributed by atoms with E-state index in [4.69, 9.17) is 4.74 Å². The molecule has 1 amide bonds. The monoisotopic (exact) mass is 365 g/mol. The number of nitrogens with zero attached hydrogens (tertiary/aromatic N) is 2. The molecule has 27 heavy (non-hydrogen) atoms. The molecule has 0 spiro atoms. The topological polar surface area (TPSA) is 56.2 Å². The molecule has 1 aliphatic rings. The van der Waals surface area contributed by atoms with Gasteiger partial charge in [-0.1, -0.05) is 18.2 Å². The molecule has 2 aromatic carbocycles. The van der Waals surface area contributed by atoms with Crippen LogP contribution >= 0.6 is 0 Å². The zero-order valence-electron chi connectivity index (χ0n) is 14.8. The molecule has 5 nitrogen and oxygen atoms in total. The van der Waals surface area contributed by atoms with Crippen molar-refractivity contribution in [1.82, 2.24) is 15.1 Å². The third kappa shape index (κ3) is 3.90. The molecule has 1 aliphatic heterocycles. The van der Waals surface area contributed by atoms with Gasteiger partial charge in [-0.05, 0) is 49.2 Å². The zero-order valence-corrected chi connectivity index (χ0v) is 14.8. The minimum atomic E-state index is -0.372. The number of para-hydroxylation sites is 1. The third-order valence-electron chi connectivity index (χ3n) is 4.60. The van der Waals surface area contributed by atoms with E-state index in [1.54, 1.807) is 16.8 Å². The van der Waals surface area contributed by atoms with Crippen molar-refractivity contribution in [3.63, 3.8) is 0 Å². The molecule has 0 bridgehead atoms. The summed E-state index contributed by atoms with van der Waals surface area (Å²) in [5, 5.41) is 7.60. The van der Waals surface area contributed by atoms with Crippen molar-refractivity contribution in [2.24, 2.45) is 0 Å². The first kappa shape index (κ1) is 17.4. The van der Waals surface area contributed by atoms with Crippen molar-refractivity contribution in [3.05, 3.63) is 72.2 Å². The maximum atomic E-state index is 13.3.